The van der Waals surface area contributed by atoms with E-state index in [9.17, 15) is 14.4 Å². The van der Waals surface area contributed by atoms with Gasteiger partial charge in [-0.15, -0.1) is 0 Å². The lowest BCUT2D eigenvalue weighted by molar-refractivity contribution is -0.124. The van der Waals surface area contributed by atoms with Crippen molar-refractivity contribution in [3.05, 3.63) is 57.0 Å². The van der Waals surface area contributed by atoms with E-state index in [4.69, 9.17) is 32.4 Å². The summed E-state index contributed by atoms with van der Waals surface area (Å²) in [6, 6.07) is 5.28. The predicted molar refractivity (Wildman–Crippen MR) is 118 cm³/mol. The summed E-state index contributed by atoms with van der Waals surface area (Å²) in [5.41, 5.74) is 0.280. The maximum absolute atomic E-state index is 12.9. The Morgan fingerprint density at radius 1 is 1.09 bits per heavy atom. The second-order valence-electron chi connectivity index (χ2n) is 7.83. The smallest absolute Gasteiger partial charge is 0.262 e. The zero-order chi connectivity index (χ0) is 23.0. The average molecular weight is 480 g/mol. The van der Waals surface area contributed by atoms with Crippen LogP contribution in [0.1, 0.15) is 45.2 Å². The van der Waals surface area contributed by atoms with Gasteiger partial charge in [0.25, 0.3) is 11.8 Å². The lowest BCUT2D eigenvalue weighted by Gasteiger charge is -2.33. The Labute approximate surface area is 195 Å². The van der Waals surface area contributed by atoms with Crippen molar-refractivity contribution >= 4 is 40.9 Å². The van der Waals surface area contributed by atoms with Crippen molar-refractivity contribution in [3.8, 4) is 0 Å². The van der Waals surface area contributed by atoms with Crippen LogP contribution in [-0.2, 0) is 9.53 Å². The normalized spacial score (nSPS) is 18.6. The van der Waals surface area contributed by atoms with Gasteiger partial charge in [-0.1, -0.05) is 23.2 Å². The SMILES string of the molecule is Cc1ccc(C(CNC(=O)[C@H](C)N2C(=O)c3cc(Cl)c(Cl)cc3C2=O)N2CCOCC2)o1. The van der Waals surface area contributed by atoms with Crippen LogP contribution in [0.3, 0.4) is 0 Å². The van der Waals surface area contributed by atoms with Crippen LogP contribution < -0.4 is 5.32 Å². The van der Waals surface area contributed by atoms with Crippen LogP contribution in [0.4, 0.5) is 0 Å². The van der Waals surface area contributed by atoms with Gasteiger partial charge in [-0.25, -0.2) is 0 Å². The number of carbonyl (C=O) groups excluding carboxylic acids is 3. The van der Waals surface area contributed by atoms with Crippen molar-refractivity contribution < 1.29 is 23.5 Å². The maximum atomic E-state index is 12.9. The van der Waals surface area contributed by atoms with Gasteiger partial charge < -0.3 is 14.5 Å². The average Bonchev–Trinajstić information content (AvgIpc) is 3.30. The lowest BCUT2D eigenvalue weighted by Crippen LogP contribution is -2.50. The van der Waals surface area contributed by atoms with Crippen LogP contribution in [-0.4, -0.2) is 66.4 Å². The van der Waals surface area contributed by atoms with E-state index in [1.807, 2.05) is 19.1 Å². The molecule has 1 unspecified atom stereocenters. The Bertz CT molecular complexity index is 1020. The van der Waals surface area contributed by atoms with Crippen molar-refractivity contribution in [2.24, 2.45) is 0 Å². The zero-order valence-electron chi connectivity index (χ0n) is 17.7. The van der Waals surface area contributed by atoms with E-state index in [-0.39, 0.29) is 33.8 Å². The summed E-state index contributed by atoms with van der Waals surface area (Å²) in [6.45, 7) is 6.24. The molecule has 0 spiro atoms. The molecule has 10 heteroatoms. The van der Waals surface area contributed by atoms with Gasteiger partial charge in [0.2, 0.25) is 5.91 Å². The highest BCUT2D eigenvalue weighted by Gasteiger charge is 2.41. The monoisotopic (exact) mass is 479 g/mol. The second kappa shape index (κ2) is 9.23. The molecule has 1 N–H and O–H groups in total. The van der Waals surface area contributed by atoms with Crippen molar-refractivity contribution in [3.63, 3.8) is 0 Å². The fraction of sp³-hybridized carbons (Fsp3) is 0.409. The molecule has 3 amide bonds. The number of morpholine rings is 1. The molecule has 1 aromatic carbocycles. The van der Waals surface area contributed by atoms with Crippen LogP contribution in [0.5, 0.6) is 0 Å². The Morgan fingerprint density at radius 3 is 2.22 bits per heavy atom. The number of hydrogen-bond donors (Lipinski definition) is 1. The highest BCUT2D eigenvalue weighted by molar-refractivity contribution is 6.43. The number of halogens is 2. The van der Waals surface area contributed by atoms with Crippen LogP contribution in [0.25, 0.3) is 0 Å². The fourth-order valence-corrected chi connectivity index (χ4v) is 4.33. The number of imide groups is 1. The number of hydrogen-bond acceptors (Lipinski definition) is 6. The first-order chi connectivity index (χ1) is 15.3. The number of nitrogens with zero attached hydrogens (tertiary/aromatic N) is 2. The van der Waals surface area contributed by atoms with E-state index in [2.05, 4.69) is 10.2 Å². The molecule has 3 heterocycles. The van der Waals surface area contributed by atoms with Crippen molar-refractivity contribution in [2.45, 2.75) is 25.9 Å². The molecule has 32 heavy (non-hydrogen) atoms. The number of rotatable bonds is 6. The number of nitrogens with one attached hydrogen (secondary N) is 1. The van der Waals surface area contributed by atoms with Crippen LogP contribution >= 0.6 is 23.2 Å². The lowest BCUT2D eigenvalue weighted by atomic mass is 10.1. The van der Waals surface area contributed by atoms with E-state index < -0.39 is 23.8 Å². The number of carbonyl (C=O) groups is 3. The van der Waals surface area contributed by atoms with Crippen molar-refractivity contribution in [1.29, 1.82) is 0 Å². The second-order valence-corrected chi connectivity index (χ2v) is 8.64. The van der Waals surface area contributed by atoms with Crippen LogP contribution in [0.15, 0.2) is 28.7 Å². The number of benzene rings is 1. The minimum atomic E-state index is -1.01. The molecule has 1 aromatic heterocycles. The first-order valence-electron chi connectivity index (χ1n) is 10.3. The van der Waals surface area contributed by atoms with Gasteiger partial charge >= 0.3 is 0 Å². The number of aryl methyl sites for hydroxylation is 1. The molecule has 0 bridgehead atoms. The summed E-state index contributed by atoms with van der Waals surface area (Å²) in [4.78, 5) is 41.7. The standard InChI is InChI=1S/C22H23Cl2N3O5/c1-12-3-4-19(32-12)18(26-5-7-31-8-6-26)11-25-20(28)13(2)27-21(29)14-9-16(23)17(24)10-15(14)22(27)30/h3-4,9-10,13,18H,5-8,11H2,1-2H3,(H,25,28)/t13-,18?/m0/s1. The van der Waals surface area contributed by atoms with E-state index in [1.54, 1.807) is 0 Å². The quantitative estimate of drug-likeness (QED) is 0.640. The molecule has 2 aromatic rings. The Hall–Kier alpha value is -2.39. The summed E-state index contributed by atoms with van der Waals surface area (Å²) in [7, 11) is 0. The van der Waals surface area contributed by atoms with E-state index >= 15 is 0 Å². The zero-order valence-corrected chi connectivity index (χ0v) is 19.2. The third kappa shape index (κ3) is 4.28. The first kappa shape index (κ1) is 22.8. The number of fused-ring (bicyclic) bond motifs is 1. The molecule has 0 radical (unpaired) electrons. The van der Waals surface area contributed by atoms with E-state index in [0.717, 1.165) is 16.4 Å². The number of furan rings is 1. The molecule has 8 nitrogen and oxygen atoms in total. The molecule has 2 atom stereocenters. The van der Waals surface area contributed by atoms with Gasteiger partial charge in [0.1, 0.15) is 17.6 Å². The predicted octanol–water partition coefficient (Wildman–Crippen LogP) is 3.07. The van der Waals surface area contributed by atoms with Gasteiger partial charge in [0.15, 0.2) is 0 Å². The molecule has 2 aliphatic heterocycles. The van der Waals surface area contributed by atoms with Gasteiger partial charge in [-0.3, -0.25) is 24.2 Å². The Morgan fingerprint density at radius 2 is 1.69 bits per heavy atom. The van der Waals surface area contributed by atoms with Crippen LogP contribution in [0, 0.1) is 6.92 Å². The summed E-state index contributed by atoms with van der Waals surface area (Å²) in [5.74, 6) is -0.0721. The van der Waals surface area contributed by atoms with Gasteiger partial charge in [0, 0.05) is 19.6 Å². The molecule has 4 rings (SSSR count). The molecule has 1 fully saturated rings. The molecule has 0 saturated carbocycles. The van der Waals surface area contributed by atoms with E-state index in [0.29, 0.717) is 26.3 Å². The summed E-state index contributed by atoms with van der Waals surface area (Å²) in [6.07, 6.45) is 0. The fourth-order valence-electron chi connectivity index (χ4n) is 4.00. The maximum Gasteiger partial charge on any atom is 0.262 e. The summed E-state index contributed by atoms with van der Waals surface area (Å²) >= 11 is 12.0. The van der Waals surface area contributed by atoms with Gasteiger partial charge in [-0.05, 0) is 38.1 Å². The third-order valence-electron chi connectivity index (χ3n) is 5.77. The van der Waals surface area contributed by atoms with E-state index in [1.165, 1.54) is 19.1 Å². The number of ether oxygens (including phenoxy) is 1. The minimum absolute atomic E-state index is 0.140. The molecular weight excluding hydrogens is 457 g/mol. The van der Waals surface area contributed by atoms with Crippen molar-refractivity contribution in [2.75, 3.05) is 32.8 Å². The highest BCUT2D eigenvalue weighted by Crippen LogP contribution is 2.32. The Balaban J connectivity index is 1.48. The van der Waals surface area contributed by atoms with Gasteiger partial charge in [0.05, 0.1) is 40.4 Å². The minimum Gasteiger partial charge on any atom is -0.465 e. The highest BCUT2D eigenvalue weighted by atomic mass is 35.5. The summed E-state index contributed by atoms with van der Waals surface area (Å²) < 4.78 is 11.2. The molecule has 0 aliphatic carbocycles. The summed E-state index contributed by atoms with van der Waals surface area (Å²) in [5, 5.41) is 3.22. The molecule has 1 saturated heterocycles. The third-order valence-corrected chi connectivity index (χ3v) is 6.49. The van der Waals surface area contributed by atoms with Crippen molar-refractivity contribution in [1.82, 2.24) is 15.1 Å². The number of amides is 3. The topological polar surface area (TPSA) is 92.1 Å². The molecule has 170 valence electrons. The first-order valence-corrected chi connectivity index (χ1v) is 11.1. The van der Waals surface area contributed by atoms with Crippen LogP contribution in [0.2, 0.25) is 10.0 Å². The van der Waals surface area contributed by atoms with Gasteiger partial charge in [-0.2, -0.15) is 0 Å². The largest absolute Gasteiger partial charge is 0.465 e. The molecule has 2 aliphatic rings. The Kier molecular flexibility index (Phi) is 6.57. The molecular formula is C22H23Cl2N3O5.